The van der Waals surface area contributed by atoms with Crippen LogP contribution in [0.25, 0.3) is 0 Å². The van der Waals surface area contributed by atoms with E-state index < -0.39 is 0 Å². The fraction of sp³-hybridized carbons (Fsp3) is 0.611. The fourth-order valence-corrected chi connectivity index (χ4v) is 2.45. The predicted molar refractivity (Wildman–Crippen MR) is 88.0 cm³/mol. The average molecular weight is 307 g/mol. The molecule has 124 valence electrons. The number of carbonyl (C=O) groups excluding carboxylic acids is 1. The Balaban J connectivity index is 2.22. The Hall–Kier alpha value is -1.55. The third kappa shape index (κ3) is 8.67. The van der Waals surface area contributed by atoms with Crippen LogP contribution in [0, 0.1) is 0 Å². The monoisotopic (exact) mass is 307 g/mol. The van der Waals surface area contributed by atoms with Crippen LogP contribution in [-0.2, 0) is 4.79 Å². The van der Waals surface area contributed by atoms with Crippen molar-refractivity contribution in [2.75, 3.05) is 0 Å². The normalized spacial score (nSPS) is 11.9. The van der Waals surface area contributed by atoms with Gasteiger partial charge in [-0.3, -0.25) is 10.0 Å². The second-order valence-corrected chi connectivity index (χ2v) is 5.68. The Labute approximate surface area is 133 Å². The molecule has 1 rings (SSSR count). The van der Waals surface area contributed by atoms with Crippen molar-refractivity contribution in [3.05, 3.63) is 30.3 Å². The van der Waals surface area contributed by atoms with Gasteiger partial charge in [-0.1, -0.05) is 50.8 Å². The summed E-state index contributed by atoms with van der Waals surface area (Å²) in [6.07, 6.45) is 9.25. The Morgan fingerprint density at radius 1 is 1.09 bits per heavy atom. The van der Waals surface area contributed by atoms with Gasteiger partial charge in [0, 0.05) is 6.42 Å². The number of rotatable bonds is 12. The molecular formula is C18H29NO3. The number of benzene rings is 1. The van der Waals surface area contributed by atoms with Crippen LogP contribution in [0.3, 0.4) is 0 Å². The molecule has 1 atom stereocenters. The summed E-state index contributed by atoms with van der Waals surface area (Å²) in [5.41, 5.74) is 1.67. The van der Waals surface area contributed by atoms with Gasteiger partial charge in [0.2, 0.25) is 5.91 Å². The number of unbranched alkanes of at least 4 members (excludes halogenated alkanes) is 4. The molecule has 0 saturated heterocycles. The zero-order valence-corrected chi connectivity index (χ0v) is 13.6. The summed E-state index contributed by atoms with van der Waals surface area (Å²) in [6.45, 7) is 2.20. The summed E-state index contributed by atoms with van der Waals surface area (Å²) in [5.74, 6) is 0.649. The van der Waals surface area contributed by atoms with Gasteiger partial charge in [0.25, 0.3) is 0 Å². The molecule has 22 heavy (non-hydrogen) atoms. The maximum atomic E-state index is 10.9. The lowest BCUT2D eigenvalue weighted by Gasteiger charge is -2.19. The lowest BCUT2D eigenvalue weighted by Crippen LogP contribution is -2.18. The third-order valence-corrected chi connectivity index (χ3v) is 3.73. The van der Waals surface area contributed by atoms with Crippen molar-refractivity contribution in [1.29, 1.82) is 0 Å². The molecule has 4 nitrogen and oxygen atoms in total. The maximum absolute atomic E-state index is 10.9. The van der Waals surface area contributed by atoms with Gasteiger partial charge in [0.15, 0.2) is 0 Å². The molecule has 1 amide bonds. The summed E-state index contributed by atoms with van der Waals surface area (Å²) in [4.78, 5) is 10.9. The molecular weight excluding hydrogens is 278 g/mol. The van der Waals surface area contributed by atoms with Gasteiger partial charge in [0.1, 0.15) is 5.75 Å². The number of hydrogen-bond acceptors (Lipinski definition) is 3. The summed E-state index contributed by atoms with van der Waals surface area (Å²) in [7, 11) is 0. The first-order chi connectivity index (χ1) is 10.8. The molecule has 0 aliphatic carbocycles. The largest absolute Gasteiger partial charge is 0.490 e. The minimum absolute atomic E-state index is 0.281. The molecule has 0 fully saturated rings. The minimum atomic E-state index is -0.298. The van der Waals surface area contributed by atoms with Gasteiger partial charge in [0.05, 0.1) is 6.10 Å². The van der Waals surface area contributed by atoms with Gasteiger partial charge < -0.3 is 4.74 Å². The first-order valence-corrected chi connectivity index (χ1v) is 8.41. The zero-order chi connectivity index (χ0) is 16.0. The molecule has 0 bridgehead atoms. The van der Waals surface area contributed by atoms with E-state index in [9.17, 15) is 4.79 Å². The van der Waals surface area contributed by atoms with Crippen molar-refractivity contribution < 1.29 is 14.7 Å². The minimum Gasteiger partial charge on any atom is -0.490 e. The highest BCUT2D eigenvalue weighted by molar-refractivity contribution is 5.74. The van der Waals surface area contributed by atoms with Crippen LogP contribution < -0.4 is 10.2 Å². The molecule has 0 heterocycles. The van der Waals surface area contributed by atoms with E-state index in [1.54, 1.807) is 5.48 Å². The number of hydroxylamine groups is 1. The summed E-state index contributed by atoms with van der Waals surface area (Å²) in [5, 5.41) is 8.42. The van der Waals surface area contributed by atoms with E-state index in [0.717, 1.165) is 44.3 Å². The van der Waals surface area contributed by atoms with E-state index in [1.165, 1.54) is 12.8 Å². The topological polar surface area (TPSA) is 58.6 Å². The van der Waals surface area contributed by atoms with Crippen molar-refractivity contribution in [1.82, 2.24) is 5.48 Å². The van der Waals surface area contributed by atoms with Crippen LogP contribution in [0.1, 0.15) is 64.7 Å². The van der Waals surface area contributed by atoms with E-state index >= 15 is 0 Å². The first-order valence-electron chi connectivity index (χ1n) is 8.41. The quantitative estimate of drug-likeness (QED) is 0.340. The molecule has 1 aromatic carbocycles. The second-order valence-electron chi connectivity index (χ2n) is 5.68. The van der Waals surface area contributed by atoms with E-state index in [-0.39, 0.29) is 12.0 Å². The van der Waals surface area contributed by atoms with E-state index in [0.29, 0.717) is 6.42 Å². The van der Waals surface area contributed by atoms with Crippen LogP contribution in [-0.4, -0.2) is 17.2 Å². The highest BCUT2D eigenvalue weighted by Gasteiger charge is 2.10. The van der Waals surface area contributed by atoms with Crippen molar-refractivity contribution in [2.24, 2.45) is 0 Å². The van der Waals surface area contributed by atoms with E-state index in [4.69, 9.17) is 9.94 Å². The van der Waals surface area contributed by atoms with E-state index in [1.807, 2.05) is 30.3 Å². The fourth-order valence-electron chi connectivity index (χ4n) is 2.45. The standard InChI is InChI=1S/C18H29NO3/c1-2-3-11-16(22-17-13-8-6-9-14-17)12-7-4-5-10-15-18(20)19-21/h6,8-9,13-14,16,21H,2-5,7,10-12,15H2,1H3,(H,19,20). The van der Waals surface area contributed by atoms with Crippen LogP contribution in [0.15, 0.2) is 30.3 Å². The SMILES string of the molecule is CCCCC(CCCCCCC(=O)NO)Oc1ccccc1. The van der Waals surface area contributed by atoms with Crippen LogP contribution in [0.4, 0.5) is 0 Å². The smallest absolute Gasteiger partial charge is 0.243 e. The van der Waals surface area contributed by atoms with Crippen molar-refractivity contribution >= 4 is 5.91 Å². The van der Waals surface area contributed by atoms with Gasteiger partial charge in [-0.2, -0.15) is 0 Å². The van der Waals surface area contributed by atoms with Gasteiger partial charge in [-0.05, 0) is 37.8 Å². The molecule has 1 aromatic rings. The van der Waals surface area contributed by atoms with Crippen LogP contribution in [0.2, 0.25) is 0 Å². The summed E-state index contributed by atoms with van der Waals surface area (Å²) >= 11 is 0. The van der Waals surface area contributed by atoms with Crippen LogP contribution in [0.5, 0.6) is 5.75 Å². The van der Waals surface area contributed by atoms with Crippen molar-refractivity contribution in [3.63, 3.8) is 0 Å². The highest BCUT2D eigenvalue weighted by Crippen LogP contribution is 2.19. The molecule has 0 saturated carbocycles. The molecule has 0 aliphatic rings. The maximum Gasteiger partial charge on any atom is 0.243 e. The average Bonchev–Trinajstić information content (AvgIpc) is 2.56. The molecule has 0 aromatic heterocycles. The number of ether oxygens (including phenoxy) is 1. The van der Waals surface area contributed by atoms with Crippen molar-refractivity contribution in [3.8, 4) is 5.75 Å². The lowest BCUT2D eigenvalue weighted by molar-refractivity contribution is -0.129. The Morgan fingerprint density at radius 3 is 2.45 bits per heavy atom. The first kappa shape index (κ1) is 18.5. The molecule has 0 radical (unpaired) electrons. The Bertz CT molecular complexity index is 395. The Kier molecular flexibility index (Phi) is 10.1. The number of carbonyl (C=O) groups is 1. The molecule has 4 heteroatoms. The van der Waals surface area contributed by atoms with Gasteiger partial charge in [-0.15, -0.1) is 0 Å². The number of para-hydroxylation sites is 1. The highest BCUT2D eigenvalue weighted by atomic mass is 16.5. The number of hydrogen-bond donors (Lipinski definition) is 2. The number of nitrogens with one attached hydrogen (secondary N) is 1. The lowest BCUT2D eigenvalue weighted by atomic mass is 10.0. The Morgan fingerprint density at radius 2 is 1.77 bits per heavy atom. The summed E-state index contributed by atoms with van der Waals surface area (Å²) in [6, 6.07) is 10.0. The third-order valence-electron chi connectivity index (χ3n) is 3.73. The molecule has 2 N–H and O–H groups in total. The zero-order valence-electron chi connectivity index (χ0n) is 13.6. The molecule has 0 spiro atoms. The number of amides is 1. The van der Waals surface area contributed by atoms with Crippen molar-refractivity contribution in [2.45, 2.75) is 70.8 Å². The van der Waals surface area contributed by atoms with Gasteiger partial charge in [-0.25, -0.2) is 5.48 Å². The van der Waals surface area contributed by atoms with Gasteiger partial charge >= 0.3 is 0 Å². The van der Waals surface area contributed by atoms with E-state index in [2.05, 4.69) is 6.92 Å². The van der Waals surface area contributed by atoms with Crippen LogP contribution >= 0.6 is 0 Å². The molecule has 0 aliphatic heterocycles. The predicted octanol–water partition coefficient (Wildman–Crippen LogP) is 4.47. The summed E-state index contributed by atoms with van der Waals surface area (Å²) < 4.78 is 6.08. The molecule has 1 unspecified atom stereocenters. The second kappa shape index (κ2) is 12.0.